The van der Waals surface area contributed by atoms with Gasteiger partial charge < -0.3 is 14.4 Å². The maximum Gasteiger partial charge on any atom is 0.279 e. The van der Waals surface area contributed by atoms with Gasteiger partial charge in [0, 0.05) is 38.9 Å². The first-order chi connectivity index (χ1) is 11.1. The molecule has 9 heteroatoms. The van der Waals surface area contributed by atoms with E-state index in [0.29, 0.717) is 39.5 Å². The molecule has 0 bridgehead atoms. The van der Waals surface area contributed by atoms with Crippen molar-refractivity contribution in [1.82, 2.24) is 14.0 Å². The number of pyridine rings is 1. The van der Waals surface area contributed by atoms with Crippen LogP contribution in [0.2, 0.25) is 0 Å². The molecule has 2 saturated heterocycles. The third-order valence-corrected chi connectivity index (χ3v) is 5.47. The SMILES string of the molecule is O=S(=O)(NCc1ccnc(N2CCOCC2)c1)N1CCOCC1. The van der Waals surface area contributed by atoms with E-state index in [1.807, 2.05) is 12.1 Å². The summed E-state index contributed by atoms with van der Waals surface area (Å²) in [6, 6.07) is 3.75. The van der Waals surface area contributed by atoms with E-state index in [1.54, 1.807) is 6.20 Å². The molecule has 23 heavy (non-hydrogen) atoms. The van der Waals surface area contributed by atoms with Gasteiger partial charge in [0.25, 0.3) is 10.2 Å². The number of aromatic nitrogens is 1. The van der Waals surface area contributed by atoms with Gasteiger partial charge in [0.15, 0.2) is 0 Å². The van der Waals surface area contributed by atoms with Crippen LogP contribution in [0.5, 0.6) is 0 Å². The zero-order valence-electron chi connectivity index (χ0n) is 13.0. The van der Waals surface area contributed by atoms with Gasteiger partial charge in [-0.3, -0.25) is 0 Å². The summed E-state index contributed by atoms with van der Waals surface area (Å²) in [5.41, 5.74) is 0.887. The monoisotopic (exact) mass is 342 g/mol. The molecular formula is C14H22N4O4S. The highest BCUT2D eigenvalue weighted by Gasteiger charge is 2.23. The molecular weight excluding hydrogens is 320 g/mol. The zero-order chi connectivity index (χ0) is 16.1. The first-order valence-electron chi connectivity index (χ1n) is 7.75. The van der Waals surface area contributed by atoms with Gasteiger partial charge in [-0.25, -0.2) is 4.98 Å². The number of hydrogen-bond donors (Lipinski definition) is 1. The highest BCUT2D eigenvalue weighted by Crippen LogP contribution is 2.14. The van der Waals surface area contributed by atoms with Crippen LogP contribution in [0.1, 0.15) is 5.56 Å². The zero-order valence-corrected chi connectivity index (χ0v) is 13.8. The van der Waals surface area contributed by atoms with Gasteiger partial charge in [-0.2, -0.15) is 17.4 Å². The lowest BCUT2D eigenvalue weighted by Gasteiger charge is -2.28. The van der Waals surface area contributed by atoms with Gasteiger partial charge in [-0.15, -0.1) is 0 Å². The second-order valence-corrected chi connectivity index (χ2v) is 7.21. The van der Waals surface area contributed by atoms with Gasteiger partial charge in [0.2, 0.25) is 0 Å². The summed E-state index contributed by atoms with van der Waals surface area (Å²) in [4.78, 5) is 6.51. The van der Waals surface area contributed by atoms with Crippen molar-refractivity contribution in [3.05, 3.63) is 23.9 Å². The van der Waals surface area contributed by atoms with Gasteiger partial charge in [0.1, 0.15) is 5.82 Å². The van der Waals surface area contributed by atoms with Crippen molar-refractivity contribution < 1.29 is 17.9 Å². The molecule has 1 aromatic heterocycles. The average molecular weight is 342 g/mol. The molecule has 0 spiro atoms. The van der Waals surface area contributed by atoms with Crippen molar-refractivity contribution in [2.75, 3.05) is 57.5 Å². The maximum atomic E-state index is 12.3. The lowest BCUT2D eigenvalue weighted by Crippen LogP contribution is -2.46. The van der Waals surface area contributed by atoms with E-state index >= 15 is 0 Å². The van der Waals surface area contributed by atoms with E-state index in [9.17, 15) is 8.42 Å². The number of anilines is 1. The minimum Gasteiger partial charge on any atom is -0.379 e. The van der Waals surface area contributed by atoms with Crippen molar-refractivity contribution in [3.8, 4) is 0 Å². The van der Waals surface area contributed by atoms with Crippen molar-refractivity contribution in [2.24, 2.45) is 0 Å². The van der Waals surface area contributed by atoms with Crippen LogP contribution in [0.25, 0.3) is 0 Å². The van der Waals surface area contributed by atoms with Crippen LogP contribution in [-0.2, 0) is 26.2 Å². The Balaban J connectivity index is 1.61. The molecule has 0 atom stereocenters. The normalized spacial score (nSPS) is 20.6. The lowest BCUT2D eigenvalue weighted by atomic mass is 10.2. The Kier molecular flexibility index (Phi) is 5.44. The second kappa shape index (κ2) is 7.54. The van der Waals surface area contributed by atoms with Crippen molar-refractivity contribution >= 4 is 16.0 Å². The number of rotatable bonds is 5. The van der Waals surface area contributed by atoms with Gasteiger partial charge in [0.05, 0.1) is 26.4 Å². The molecule has 8 nitrogen and oxygen atoms in total. The first-order valence-corrected chi connectivity index (χ1v) is 9.19. The largest absolute Gasteiger partial charge is 0.379 e. The van der Waals surface area contributed by atoms with E-state index in [1.165, 1.54) is 4.31 Å². The van der Waals surface area contributed by atoms with E-state index in [0.717, 1.165) is 24.5 Å². The Hall–Kier alpha value is -1.26. The lowest BCUT2D eigenvalue weighted by molar-refractivity contribution is 0.0725. The van der Waals surface area contributed by atoms with Crippen LogP contribution in [0.15, 0.2) is 18.3 Å². The molecule has 3 heterocycles. The molecule has 0 saturated carbocycles. The van der Waals surface area contributed by atoms with Crippen LogP contribution < -0.4 is 9.62 Å². The maximum absolute atomic E-state index is 12.3. The summed E-state index contributed by atoms with van der Waals surface area (Å²) >= 11 is 0. The van der Waals surface area contributed by atoms with Crippen LogP contribution >= 0.6 is 0 Å². The van der Waals surface area contributed by atoms with E-state index in [4.69, 9.17) is 9.47 Å². The van der Waals surface area contributed by atoms with Gasteiger partial charge >= 0.3 is 0 Å². The molecule has 2 aliphatic rings. The minimum atomic E-state index is -3.47. The van der Waals surface area contributed by atoms with E-state index in [-0.39, 0.29) is 6.54 Å². The van der Waals surface area contributed by atoms with E-state index < -0.39 is 10.2 Å². The number of hydrogen-bond acceptors (Lipinski definition) is 6. The first kappa shape index (κ1) is 16.6. The molecule has 2 fully saturated rings. The Morgan fingerprint density at radius 2 is 1.74 bits per heavy atom. The number of nitrogens with one attached hydrogen (secondary N) is 1. The molecule has 3 rings (SSSR count). The fourth-order valence-corrected chi connectivity index (χ4v) is 3.75. The molecule has 1 aromatic rings. The molecule has 0 aromatic carbocycles. The van der Waals surface area contributed by atoms with Crippen LogP contribution in [-0.4, -0.2) is 70.3 Å². The summed E-state index contributed by atoms with van der Waals surface area (Å²) in [6.45, 7) is 4.90. The third kappa shape index (κ3) is 4.39. The van der Waals surface area contributed by atoms with Crippen LogP contribution in [0, 0.1) is 0 Å². The Labute approximate surface area is 136 Å². The standard InChI is InChI=1S/C14H22N4O4S/c19-23(20,18-5-9-22-10-6-18)16-12-13-1-2-15-14(11-13)17-3-7-21-8-4-17/h1-2,11,16H,3-10,12H2. The summed E-state index contributed by atoms with van der Waals surface area (Å²) in [7, 11) is -3.47. The highest BCUT2D eigenvalue weighted by atomic mass is 32.2. The molecule has 1 N–H and O–H groups in total. The average Bonchev–Trinajstić information content (AvgIpc) is 2.62. The Morgan fingerprint density at radius 3 is 2.43 bits per heavy atom. The topological polar surface area (TPSA) is 84.0 Å². The summed E-state index contributed by atoms with van der Waals surface area (Å²) in [5.74, 6) is 0.858. The van der Waals surface area contributed by atoms with Crippen molar-refractivity contribution in [2.45, 2.75) is 6.54 Å². The number of ether oxygens (including phenoxy) is 2. The molecule has 0 unspecified atom stereocenters. The minimum absolute atomic E-state index is 0.250. The molecule has 0 radical (unpaired) electrons. The second-order valence-electron chi connectivity index (χ2n) is 5.46. The predicted octanol–water partition coefficient (Wildman–Crippen LogP) is -0.415. The quantitative estimate of drug-likeness (QED) is 0.783. The van der Waals surface area contributed by atoms with Crippen molar-refractivity contribution in [3.63, 3.8) is 0 Å². The molecule has 0 amide bonds. The van der Waals surface area contributed by atoms with Gasteiger partial charge in [-0.05, 0) is 17.7 Å². The Bertz CT molecular complexity index is 613. The molecule has 128 valence electrons. The van der Waals surface area contributed by atoms with Crippen molar-refractivity contribution in [1.29, 1.82) is 0 Å². The van der Waals surface area contributed by atoms with E-state index in [2.05, 4.69) is 14.6 Å². The predicted molar refractivity (Wildman–Crippen MR) is 85.4 cm³/mol. The smallest absolute Gasteiger partial charge is 0.279 e. The van der Waals surface area contributed by atoms with Gasteiger partial charge in [-0.1, -0.05) is 0 Å². The number of morpholine rings is 2. The molecule has 0 aliphatic carbocycles. The summed E-state index contributed by atoms with van der Waals surface area (Å²) in [6.07, 6.45) is 1.71. The Morgan fingerprint density at radius 1 is 1.09 bits per heavy atom. The summed E-state index contributed by atoms with van der Waals surface area (Å²) < 4.78 is 39.1. The highest BCUT2D eigenvalue weighted by molar-refractivity contribution is 7.87. The number of nitrogens with zero attached hydrogens (tertiary/aromatic N) is 3. The third-order valence-electron chi connectivity index (χ3n) is 3.91. The summed E-state index contributed by atoms with van der Waals surface area (Å²) in [5, 5.41) is 0. The fraction of sp³-hybridized carbons (Fsp3) is 0.643. The molecule has 2 aliphatic heterocycles. The van der Waals surface area contributed by atoms with Crippen LogP contribution in [0.3, 0.4) is 0 Å². The fourth-order valence-electron chi connectivity index (χ4n) is 2.59. The van der Waals surface area contributed by atoms with Crippen LogP contribution in [0.4, 0.5) is 5.82 Å².